The third-order valence-electron chi connectivity index (χ3n) is 3.23. The normalized spacial score (nSPS) is 10.5. The first kappa shape index (κ1) is 15.4. The molecule has 0 spiro atoms. The molecule has 0 fully saturated rings. The number of hydrogen-bond donors (Lipinski definition) is 2. The Balaban J connectivity index is 1.74. The first-order chi connectivity index (χ1) is 10.3. The summed E-state index contributed by atoms with van der Waals surface area (Å²) < 4.78 is 5.63. The Morgan fingerprint density at radius 3 is 2.62 bits per heavy atom. The molecular weight excluding hydrogens is 262 g/mol. The van der Waals surface area contributed by atoms with Gasteiger partial charge in [-0.1, -0.05) is 31.2 Å². The van der Waals surface area contributed by atoms with Crippen LogP contribution in [0.15, 0.2) is 48.5 Å². The predicted molar refractivity (Wildman–Crippen MR) is 85.7 cm³/mol. The summed E-state index contributed by atoms with van der Waals surface area (Å²) >= 11 is 0. The molecule has 0 atom stereocenters. The Labute approximate surface area is 126 Å². The second-order valence-electron chi connectivity index (χ2n) is 5.09. The summed E-state index contributed by atoms with van der Waals surface area (Å²) in [5.74, 6) is 1.25. The lowest BCUT2D eigenvalue weighted by atomic mass is 10.1. The SMILES string of the molecule is CCCOc1cccc(CNCCc2ccc(O)cc2)c1. The van der Waals surface area contributed by atoms with Crippen molar-refractivity contribution in [1.29, 1.82) is 0 Å². The van der Waals surface area contributed by atoms with Crippen molar-refractivity contribution in [3.05, 3.63) is 59.7 Å². The molecule has 2 aromatic carbocycles. The molecule has 0 amide bonds. The van der Waals surface area contributed by atoms with Crippen molar-refractivity contribution in [2.24, 2.45) is 0 Å². The highest BCUT2D eigenvalue weighted by Gasteiger charge is 1.98. The van der Waals surface area contributed by atoms with E-state index in [1.165, 1.54) is 11.1 Å². The molecule has 0 radical (unpaired) electrons. The molecule has 0 unspecified atom stereocenters. The standard InChI is InChI=1S/C18H23NO2/c1-2-12-21-18-5-3-4-16(13-18)14-19-11-10-15-6-8-17(20)9-7-15/h3-9,13,19-20H,2,10-12,14H2,1H3. The van der Waals surface area contributed by atoms with Crippen LogP contribution in [0.2, 0.25) is 0 Å². The van der Waals surface area contributed by atoms with E-state index in [4.69, 9.17) is 4.74 Å². The average molecular weight is 285 g/mol. The van der Waals surface area contributed by atoms with E-state index < -0.39 is 0 Å². The molecule has 112 valence electrons. The van der Waals surface area contributed by atoms with E-state index in [-0.39, 0.29) is 0 Å². The molecule has 3 nitrogen and oxygen atoms in total. The molecule has 0 saturated carbocycles. The van der Waals surface area contributed by atoms with Gasteiger partial charge in [-0.3, -0.25) is 0 Å². The number of benzene rings is 2. The number of nitrogens with one attached hydrogen (secondary N) is 1. The Kier molecular flexibility index (Phi) is 6.10. The van der Waals surface area contributed by atoms with Crippen molar-refractivity contribution in [2.45, 2.75) is 26.3 Å². The maximum absolute atomic E-state index is 9.24. The van der Waals surface area contributed by atoms with Crippen LogP contribution in [0.25, 0.3) is 0 Å². The van der Waals surface area contributed by atoms with Crippen molar-refractivity contribution in [3.63, 3.8) is 0 Å². The van der Waals surface area contributed by atoms with E-state index in [2.05, 4.69) is 24.4 Å². The second-order valence-corrected chi connectivity index (χ2v) is 5.09. The minimum atomic E-state index is 0.315. The highest BCUT2D eigenvalue weighted by molar-refractivity contribution is 5.28. The zero-order chi connectivity index (χ0) is 14.9. The largest absolute Gasteiger partial charge is 0.508 e. The lowest BCUT2D eigenvalue weighted by molar-refractivity contribution is 0.317. The predicted octanol–water partition coefficient (Wildman–Crippen LogP) is 3.51. The Bertz CT molecular complexity index is 537. The van der Waals surface area contributed by atoms with Gasteiger partial charge in [0.2, 0.25) is 0 Å². The van der Waals surface area contributed by atoms with Gasteiger partial charge in [0.15, 0.2) is 0 Å². The van der Waals surface area contributed by atoms with Gasteiger partial charge in [-0.2, -0.15) is 0 Å². The van der Waals surface area contributed by atoms with Gasteiger partial charge in [0.05, 0.1) is 6.61 Å². The molecule has 2 aromatic rings. The zero-order valence-corrected chi connectivity index (χ0v) is 12.5. The number of phenolic OH excluding ortho intramolecular Hbond substituents is 1. The van der Waals surface area contributed by atoms with Crippen LogP contribution in [-0.4, -0.2) is 18.3 Å². The van der Waals surface area contributed by atoms with E-state index in [1.807, 2.05) is 24.3 Å². The number of rotatable bonds is 8. The minimum Gasteiger partial charge on any atom is -0.508 e. The van der Waals surface area contributed by atoms with Crippen LogP contribution in [0.5, 0.6) is 11.5 Å². The topological polar surface area (TPSA) is 41.5 Å². The van der Waals surface area contributed by atoms with Crippen molar-refractivity contribution in [3.8, 4) is 11.5 Å². The first-order valence-electron chi connectivity index (χ1n) is 7.48. The number of aromatic hydroxyl groups is 1. The van der Waals surface area contributed by atoms with Crippen LogP contribution < -0.4 is 10.1 Å². The molecule has 0 aliphatic carbocycles. The van der Waals surface area contributed by atoms with E-state index in [0.717, 1.165) is 38.3 Å². The van der Waals surface area contributed by atoms with Crippen LogP contribution in [0, 0.1) is 0 Å². The molecule has 2 rings (SSSR count). The number of ether oxygens (including phenoxy) is 1. The molecule has 3 heteroatoms. The zero-order valence-electron chi connectivity index (χ0n) is 12.5. The van der Waals surface area contributed by atoms with E-state index in [0.29, 0.717) is 5.75 Å². The molecule has 0 saturated heterocycles. The van der Waals surface area contributed by atoms with Crippen molar-refractivity contribution < 1.29 is 9.84 Å². The number of hydrogen-bond acceptors (Lipinski definition) is 3. The van der Waals surface area contributed by atoms with Gasteiger partial charge in [-0.15, -0.1) is 0 Å². The highest BCUT2D eigenvalue weighted by atomic mass is 16.5. The quantitative estimate of drug-likeness (QED) is 0.729. The van der Waals surface area contributed by atoms with Gasteiger partial charge in [-0.25, -0.2) is 0 Å². The summed E-state index contributed by atoms with van der Waals surface area (Å²) in [5.41, 5.74) is 2.45. The van der Waals surface area contributed by atoms with Gasteiger partial charge < -0.3 is 15.2 Å². The molecule has 0 aliphatic rings. The third kappa shape index (κ3) is 5.48. The van der Waals surface area contributed by atoms with Crippen LogP contribution in [0.3, 0.4) is 0 Å². The molecule has 0 aliphatic heterocycles. The Morgan fingerprint density at radius 1 is 1.05 bits per heavy atom. The number of phenols is 1. The minimum absolute atomic E-state index is 0.315. The fourth-order valence-corrected chi connectivity index (χ4v) is 2.09. The van der Waals surface area contributed by atoms with Gasteiger partial charge in [0, 0.05) is 6.54 Å². The second kappa shape index (κ2) is 8.32. The summed E-state index contributed by atoms with van der Waals surface area (Å²) in [7, 11) is 0. The molecule has 21 heavy (non-hydrogen) atoms. The van der Waals surface area contributed by atoms with Crippen molar-refractivity contribution in [2.75, 3.05) is 13.2 Å². The third-order valence-corrected chi connectivity index (χ3v) is 3.23. The average Bonchev–Trinajstić information content (AvgIpc) is 2.52. The summed E-state index contributed by atoms with van der Waals surface area (Å²) in [6, 6.07) is 15.6. The fraction of sp³-hybridized carbons (Fsp3) is 0.333. The lowest BCUT2D eigenvalue weighted by Crippen LogP contribution is -2.16. The van der Waals surface area contributed by atoms with Gasteiger partial charge >= 0.3 is 0 Å². The van der Waals surface area contributed by atoms with E-state index in [9.17, 15) is 5.11 Å². The Morgan fingerprint density at radius 2 is 1.86 bits per heavy atom. The Hall–Kier alpha value is -2.00. The van der Waals surface area contributed by atoms with E-state index in [1.54, 1.807) is 12.1 Å². The van der Waals surface area contributed by atoms with Gasteiger partial charge in [-0.05, 0) is 54.8 Å². The first-order valence-corrected chi connectivity index (χ1v) is 7.48. The van der Waals surface area contributed by atoms with Crippen LogP contribution in [0.4, 0.5) is 0 Å². The smallest absolute Gasteiger partial charge is 0.119 e. The van der Waals surface area contributed by atoms with Gasteiger partial charge in [0.25, 0.3) is 0 Å². The molecule has 0 aromatic heterocycles. The maximum atomic E-state index is 9.24. The lowest BCUT2D eigenvalue weighted by Gasteiger charge is -2.08. The summed E-state index contributed by atoms with van der Waals surface area (Å²) in [6.45, 7) is 4.61. The summed E-state index contributed by atoms with van der Waals surface area (Å²) in [5, 5.41) is 12.7. The highest BCUT2D eigenvalue weighted by Crippen LogP contribution is 2.13. The summed E-state index contributed by atoms with van der Waals surface area (Å²) in [6.07, 6.45) is 1.97. The van der Waals surface area contributed by atoms with E-state index >= 15 is 0 Å². The molecular formula is C18H23NO2. The molecule has 0 bridgehead atoms. The van der Waals surface area contributed by atoms with Crippen molar-refractivity contribution >= 4 is 0 Å². The van der Waals surface area contributed by atoms with Crippen LogP contribution >= 0.6 is 0 Å². The maximum Gasteiger partial charge on any atom is 0.119 e. The fourth-order valence-electron chi connectivity index (χ4n) is 2.09. The molecule has 0 heterocycles. The molecule has 2 N–H and O–H groups in total. The monoisotopic (exact) mass is 285 g/mol. The van der Waals surface area contributed by atoms with Gasteiger partial charge in [0.1, 0.15) is 11.5 Å². The summed E-state index contributed by atoms with van der Waals surface area (Å²) in [4.78, 5) is 0. The van der Waals surface area contributed by atoms with Crippen molar-refractivity contribution in [1.82, 2.24) is 5.32 Å². The van der Waals surface area contributed by atoms with Crippen LogP contribution in [-0.2, 0) is 13.0 Å². The van der Waals surface area contributed by atoms with Crippen LogP contribution in [0.1, 0.15) is 24.5 Å².